The standard InChI is InChI=1S/CNS.BrH.2K/c2-1-3;;;/h;1H;;/q-1;;2*+1/p-1. The Kier molecular flexibility index (Phi) is 88.9. The van der Waals surface area contributed by atoms with Gasteiger partial charge in [-0.1, -0.05) is 12.2 Å². The Labute approximate surface area is 138 Å². The van der Waals surface area contributed by atoms with E-state index in [0.717, 1.165) is 0 Å². The molecule has 0 unspecified atom stereocenters. The quantitative estimate of drug-likeness (QED) is 0.224. The summed E-state index contributed by atoms with van der Waals surface area (Å²) >= 11 is 3.70. The Morgan fingerprint density at radius 1 is 1.33 bits per heavy atom. The van der Waals surface area contributed by atoms with Crippen molar-refractivity contribution in [3.8, 4) is 0 Å². The fourth-order valence-electron chi connectivity index (χ4n) is 0. The van der Waals surface area contributed by atoms with Crippen LogP contribution in [0.15, 0.2) is 0 Å². The Balaban J connectivity index is -0.00000000667. The van der Waals surface area contributed by atoms with Gasteiger partial charge in [0.2, 0.25) is 0 Å². The molecule has 0 N–H and O–H groups in total. The topological polar surface area (TPSA) is 22.3 Å². The zero-order valence-corrected chi connectivity index (χ0v) is 12.4. The van der Waals surface area contributed by atoms with Crippen LogP contribution in [0, 0.1) is 0 Å². The summed E-state index contributed by atoms with van der Waals surface area (Å²) in [6.45, 7) is 0. The van der Waals surface area contributed by atoms with Crippen LogP contribution in [0.2, 0.25) is 0 Å². The molecule has 24 valence electrons. The van der Waals surface area contributed by atoms with Crippen molar-refractivity contribution >= 4 is 17.4 Å². The number of isothiocyanates is 1. The summed E-state index contributed by atoms with van der Waals surface area (Å²) in [6.07, 6.45) is 0. The molecule has 0 fully saturated rings. The van der Waals surface area contributed by atoms with Crippen LogP contribution in [-0.2, 0) is 0 Å². The number of nitrogens with zero attached hydrogens (tertiary/aromatic N) is 1. The molecule has 0 radical (unpaired) electrons. The molecule has 0 aliphatic carbocycles. The molecule has 0 aromatic rings. The van der Waals surface area contributed by atoms with Crippen LogP contribution in [0.5, 0.6) is 0 Å². The molecule has 0 aliphatic heterocycles. The third-order valence-corrected chi connectivity index (χ3v) is 0. The number of hydrogen-bond donors (Lipinski definition) is 0. The molecular formula is CBrK2NS. The molecule has 0 spiro atoms. The monoisotopic (exact) mass is 215 g/mol. The van der Waals surface area contributed by atoms with E-state index in [1.54, 1.807) is 0 Å². The van der Waals surface area contributed by atoms with Gasteiger partial charge in [0, 0.05) is 0 Å². The number of thiocarbonyl (C=S) groups is 1. The van der Waals surface area contributed by atoms with Gasteiger partial charge in [0.25, 0.3) is 0 Å². The predicted octanol–water partition coefficient (Wildman–Crippen LogP) is -8.33. The molecule has 0 atom stereocenters. The summed E-state index contributed by atoms with van der Waals surface area (Å²) < 4.78 is 0. The summed E-state index contributed by atoms with van der Waals surface area (Å²) in [5, 5.41) is 8.47. The minimum absolute atomic E-state index is 0. The van der Waals surface area contributed by atoms with Gasteiger partial charge in [-0.2, -0.15) is 5.16 Å². The van der Waals surface area contributed by atoms with Crippen molar-refractivity contribution in [2.24, 2.45) is 0 Å². The zero-order chi connectivity index (χ0) is 2.71. The van der Waals surface area contributed by atoms with E-state index in [0.29, 0.717) is 0 Å². The summed E-state index contributed by atoms with van der Waals surface area (Å²) in [5.41, 5.74) is 0. The Morgan fingerprint density at radius 2 is 1.33 bits per heavy atom. The molecular weight excluding hydrogens is 216 g/mol. The first-order valence-corrected chi connectivity index (χ1v) is 0.836. The van der Waals surface area contributed by atoms with Crippen LogP contribution in [-0.4, -0.2) is 5.16 Å². The van der Waals surface area contributed by atoms with Gasteiger partial charge in [0.05, 0.1) is 0 Å². The van der Waals surface area contributed by atoms with Gasteiger partial charge in [0.15, 0.2) is 0 Å². The average molecular weight is 216 g/mol. The van der Waals surface area contributed by atoms with Crippen molar-refractivity contribution in [1.82, 2.24) is 0 Å². The van der Waals surface area contributed by atoms with Crippen LogP contribution in [0.1, 0.15) is 0 Å². The zero-order valence-electron chi connectivity index (χ0n) is 3.73. The van der Waals surface area contributed by atoms with Gasteiger partial charge in [-0.15, -0.1) is 0 Å². The minimum atomic E-state index is 0. The Hall–Kier alpha value is 3.55. The van der Waals surface area contributed by atoms with Crippen molar-refractivity contribution in [3.05, 3.63) is 5.41 Å². The maximum absolute atomic E-state index is 7.13. The van der Waals surface area contributed by atoms with E-state index in [1.807, 2.05) is 0 Å². The first-order valence-electron chi connectivity index (χ1n) is 0.428. The van der Waals surface area contributed by atoms with Crippen LogP contribution in [0.4, 0.5) is 0 Å². The number of rotatable bonds is 0. The van der Waals surface area contributed by atoms with Crippen molar-refractivity contribution in [2.75, 3.05) is 0 Å². The molecule has 0 heterocycles. The van der Waals surface area contributed by atoms with E-state index in [-0.39, 0.29) is 120 Å². The molecule has 0 aromatic heterocycles. The van der Waals surface area contributed by atoms with E-state index in [1.165, 1.54) is 5.16 Å². The van der Waals surface area contributed by atoms with Crippen LogP contribution < -0.4 is 120 Å². The molecule has 0 saturated heterocycles. The second-order valence-corrected chi connectivity index (χ2v) is 0.274. The van der Waals surface area contributed by atoms with Crippen molar-refractivity contribution in [1.29, 1.82) is 0 Å². The summed E-state index contributed by atoms with van der Waals surface area (Å²) in [7, 11) is 0. The predicted molar refractivity (Wildman–Crippen MR) is 16.0 cm³/mol. The van der Waals surface area contributed by atoms with E-state index < -0.39 is 0 Å². The average Bonchev–Trinajstić information content (AvgIpc) is 0.918. The molecule has 0 amide bonds. The van der Waals surface area contributed by atoms with Gasteiger partial charge in [-0.05, 0) is 0 Å². The molecule has 6 heavy (non-hydrogen) atoms. The van der Waals surface area contributed by atoms with Crippen molar-refractivity contribution in [2.45, 2.75) is 0 Å². The maximum Gasteiger partial charge on any atom is 1.00 e. The second-order valence-electron chi connectivity index (χ2n) is 0.0913. The summed E-state index contributed by atoms with van der Waals surface area (Å²) in [6, 6.07) is 0. The fraction of sp³-hybridized carbons (Fsp3) is 0. The molecule has 0 bridgehead atoms. The van der Waals surface area contributed by atoms with Gasteiger partial charge in [-0.25, -0.2) is 0 Å². The van der Waals surface area contributed by atoms with Gasteiger partial charge in [0.1, 0.15) is 0 Å². The Morgan fingerprint density at radius 3 is 1.33 bits per heavy atom. The normalized spacial score (nSPS) is 1.33. The van der Waals surface area contributed by atoms with Crippen molar-refractivity contribution < 1.29 is 120 Å². The summed E-state index contributed by atoms with van der Waals surface area (Å²) in [4.78, 5) is 0. The first-order chi connectivity index (χ1) is 1.41. The van der Waals surface area contributed by atoms with Gasteiger partial charge >= 0.3 is 103 Å². The molecule has 0 aromatic carbocycles. The molecule has 0 aliphatic rings. The third kappa shape index (κ3) is 25.7. The first kappa shape index (κ1) is 22.7. The smallest absolute Gasteiger partial charge is 1.00 e. The largest absolute Gasteiger partial charge is 1.00 e. The van der Waals surface area contributed by atoms with Gasteiger partial charge in [-0.3, -0.25) is 0 Å². The van der Waals surface area contributed by atoms with Crippen LogP contribution in [0.3, 0.4) is 0 Å². The van der Waals surface area contributed by atoms with E-state index >= 15 is 0 Å². The van der Waals surface area contributed by atoms with Crippen molar-refractivity contribution in [3.63, 3.8) is 0 Å². The number of hydrogen-bond acceptors (Lipinski definition) is 1. The van der Waals surface area contributed by atoms with Gasteiger partial charge < -0.3 is 22.4 Å². The van der Waals surface area contributed by atoms with E-state index in [2.05, 4.69) is 12.2 Å². The summed E-state index contributed by atoms with van der Waals surface area (Å²) in [5.74, 6) is 0. The second kappa shape index (κ2) is 23.5. The molecule has 0 saturated carbocycles. The third-order valence-electron chi connectivity index (χ3n) is 0. The molecule has 5 heteroatoms. The number of halogens is 1. The molecule has 1 nitrogen and oxygen atoms in total. The Bertz CT molecular complexity index is 34.5. The van der Waals surface area contributed by atoms with Crippen LogP contribution >= 0.6 is 12.2 Å². The maximum atomic E-state index is 7.13. The minimum Gasteiger partial charge on any atom is -1.00 e. The molecule has 0 rings (SSSR count). The SMILES string of the molecule is [Br-].[K+].[K+].[N-]=C=S. The van der Waals surface area contributed by atoms with Crippen LogP contribution in [0.25, 0.3) is 5.41 Å². The van der Waals surface area contributed by atoms with E-state index in [9.17, 15) is 0 Å². The fourth-order valence-corrected chi connectivity index (χ4v) is 0. The van der Waals surface area contributed by atoms with E-state index in [4.69, 9.17) is 5.41 Å².